The monoisotopic (exact) mass is 410 g/mol. The first-order valence-corrected chi connectivity index (χ1v) is 10.8. The summed E-state index contributed by atoms with van der Waals surface area (Å²) in [5.74, 6) is 0.389. The van der Waals surface area contributed by atoms with Crippen molar-refractivity contribution in [1.29, 1.82) is 0 Å². The van der Waals surface area contributed by atoms with Gasteiger partial charge >= 0.3 is 0 Å². The Labute approximate surface area is 177 Å². The zero-order chi connectivity index (χ0) is 20.3. The van der Waals surface area contributed by atoms with Crippen molar-refractivity contribution in [3.8, 4) is 0 Å². The predicted octanol–water partition coefficient (Wildman–Crippen LogP) is 4.07. The van der Waals surface area contributed by atoms with Gasteiger partial charge in [0.2, 0.25) is 11.8 Å². The number of piperazine rings is 1. The molecular weight excluding hydrogens is 384 g/mol. The lowest BCUT2D eigenvalue weighted by molar-refractivity contribution is -0.141. The van der Waals surface area contributed by atoms with Gasteiger partial charge in [0.05, 0.1) is 5.41 Å². The minimum Gasteiger partial charge on any atom is -0.339 e. The van der Waals surface area contributed by atoms with E-state index in [0.717, 1.165) is 31.2 Å². The van der Waals surface area contributed by atoms with Crippen molar-refractivity contribution in [2.45, 2.75) is 37.5 Å². The number of aryl methyl sites for hydroxylation is 1. The molecule has 2 aromatic rings. The van der Waals surface area contributed by atoms with E-state index < -0.39 is 5.41 Å². The number of halogens is 1. The van der Waals surface area contributed by atoms with Crippen molar-refractivity contribution in [1.82, 2.24) is 9.80 Å². The molecule has 4 rings (SSSR count). The molecule has 0 bridgehead atoms. The fourth-order valence-electron chi connectivity index (χ4n) is 4.25. The second kappa shape index (κ2) is 8.58. The van der Waals surface area contributed by atoms with E-state index in [2.05, 4.69) is 12.1 Å². The number of amides is 2. The van der Waals surface area contributed by atoms with Crippen molar-refractivity contribution in [2.24, 2.45) is 0 Å². The third-order valence-electron chi connectivity index (χ3n) is 6.16. The van der Waals surface area contributed by atoms with Gasteiger partial charge in [-0.1, -0.05) is 54.1 Å². The first kappa shape index (κ1) is 20.0. The van der Waals surface area contributed by atoms with Gasteiger partial charge in [0, 0.05) is 37.6 Å². The van der Waals surface area contributed by atoms with E-state index in [1.54, 1.807) is 0 Å². The molecule has 4 nitrogen and oxygen atoms in total. The van der Waals surface area contributed by atoms with Gasteiger partial charge in [-0.15, -0.1) is 0 Å². The number of rotatable bonds is 6. The molecule has 0 spiro atoms. The Morgan fingerprint density at radius 2 is 1.59 bits per heavy atom. The van der Waals surface area contributed by atoms with Gasteiger partial charge in [0.15, 0.2) is 0 Å². The molecule has 0 N–H and O–H groups in total. The molecule has 1 saturated heterocycles. The number of hydrogen-bond donors (Lipinski definition) is 0. The van der Waals surface area contributed by atoms with E-state index in [1.807, 2.05) is 52.3 Å². The largest absolute Gasteiger partial charge is 0.339 e. The van der Waals surface area contributed by atoms with Crippen LogP contribution in [0.2, 0.25) is 5.02 Å². The molecule has 1 saturated carbocycles. The van der Waals surface area contributed by atoms with Gasteiger partial charge in [-0.05, 0) is 48.9 Å². The third kappa shape index (κ3) is 4.48. The lowest BCUT2D eigenvalue weighted by Crippen LogP contribution is -2.53. The summed E-state index contributed by atoms with van der Waals surface area (Å²) in [5.41, 5.74) is 1.90. The molecule has 2 aliphatic rings. The van der Waals surface area contributed by atoms with Crippen molar-refractivity contribution in [3.05, 3.63) is 70.7 Å². The van der Waals surface area contributed by atoms with Gasteiger partial charge in [-0.2, -0.15) is 0 Å². The van der Waals surface area contributed by atoms with Crippen LogP contribution in [0.15, 0.2) is 54.6 Å². The van der Waals surface area contributed by atoms with Crippen LogP contribution in [0, 0.1) is 0 Å². The maximum absolute atomic E-state index is 13.2. The maximum atomic E-state index is 13.2. The fourth-order valence-corrected chi connectivity index (χ4v) is 4.44. The third-order valence-corrected chi connectivity index (χ3v) is 6.39. The molecule has 29 heavy (non-hydrogen) atoms. The zero-order valence-electron chi connectivity index (χ0n) is 16.6. The normalized spacial score (nSPS) is 17.8. The average Bonchev–Trinajstić information content (AvgIpc) is 3.56. The Morgan fingerprint density at radius 1 is 0.897 bits per heavy atom. The Kier molecular flexibility index (Phi) is 5.91. The highest BCUT2D eigenvalue weighted by atomic mass is 35.5. The first-order valence-electron chi connectivity index (χ1n) is 10.5. The van der Waals surface area contributed by atoms with E-state index in [0.29, 0.717) is 37.6 Å². The minimum absolute atomic E-state index is 0.191. The summed E-state index contributed by atoms with van der Waals surface area (Å²) in [6.07, 6.45) is 4.11. The molecule has 0 atom stereocenters. The van der Waals surface area contributed by atoms with Crippen LogP contribution in [0.3, 0.4) is 0 Å². The number of carbonyl (C=O) groups is 2. The highest BCUT2D eigenvalue weighted by molar-refractivity contribution is 6.30. The smallest absolute Gasteiger partial charge is 0.233 e. The van der Waals surface area contributed by atoms with Crippen LogP contribution in [-0.2, 0) is 21.4 Å². The summed E-state index contributed by atoms with van der Waals surface area (Å²) in [6, 6.07) is 17.9. The van der Waals surface area contributed by atoms with Crippen LogP contribution < -0.4 is 0 Å². The SMILES string of the molecule is O=C(CCCc1ccccc1)N1CCN(C(=O)C2(c3cccc(Cl)c3)CC2)CC1. The summed E-state index contributed by atoms with van der Waals surface area (Å²) in [5, 5.41) is 0.674. The number of carbonyl (C=O) groups excluding carboxylic acids is 2. The van der Waals surface area contributed by atoms with Gasteiger partial charge in [-0.25, -0.2) is 0 Å². The number of hydrogen-bond acceptors (Lipinski definition) is 2. The lowest BCUT2D eigenvalue weighted by atomic mass is 9.94. The van der Waals surface area contributed by atoms with Gasteiger partial charge in [0.1, 0.15) is 0 Å². The number of nitrogens with zero attached hydrogens (tertiary/aromatic N) is 2. The molecule has 2 aromatic carbocycles. The lowest BCUT2D eigenvalue weighted by Gasteiger charge is -2.37. The van der Waals surface area contributed by atoms with Gasteiger partial charge in [-0.3, -0.25) is 9.59 Å². The van der Waals surface area contributed by atoms with Crippen LogP contribution in [0.5, 0.6) is 0 Å². The second-order valence-corrected chi connectivity index (χ2v) is 8.54. The fraction of sp³-hybridized carbons (Fsp3) is 0.417. The zero-order valence-corrected chi connectivity index (χ0v) is 17.4. The Hall–Kier alpha value is -2.33. The molecule has 5 heteroatoms. The predicted molar refractivity (Wildman–Crippen MR) is 115 cm³/mol. The molecule has 1 aliphatic heterocycles. The molecule has 2 amide bonds. The van der Waals surface area contributed by atoms with Gasteiger partial charge < -0.3 is 9.80 Å². The summed E-state index contributed by atoms with van der Waals surface area (Å²) in [4.78, 5) is 29.6. The summed E-state index contributed by atoms with van der Waals surface area (Å²) < 4.78 is 0. The molecule has 0 radical (unpaired) electrons. The average molecular weight is 411 g/mol. The topological polar surface area (TPSA) is 40.6 Å². The quantitative estimate of drug-likeness (QED) is 0.720. The van der Waals surface area contributed by atoms with Crippen molar-refractivity contribution >= 4 is 23.4 Å². The number of benzene rings is 2. The Bertz CT molecular complexity index is 871. The highest BCUT2D eigenvalue weighted by Crippen LogP contribution is 2.50. The standard InChI is InChI=1S/C24H27ClN2O2/c25-21-10-5-9-20(18-21)24(12-13-24)23(29)27-16-14-26(15-17-27)22(28)11-4-8-19-6-2-1-3-7-19/h1-3,5-7,9-10,18H,4,8,11-17H2. The minimum atomic E-state index is -0.396. The van der Waals surface area contributed by atoms with E-state index in [4.69, 9.17) is 11.6 Å². The molecule has 2 fully saturated rings. The van der Waals surface area contributed by atoms with E-state index >= 15 is 0 Å². The van der Waals surface area contributed by atoms with E-state index in [-0.39, 0.29) is 11.8 Å². The Morgan fingerprint density at radius 3 is 2.24 bits per heavy atom. The Balaban J connectivity index is 1.27. The summed E-state index contributed by atoms with van der Waals surface area (Å²) in [7, 11) is 0. The summed E-state index contributed by atoms with van der Waals surface area (Å²) in [6.45, 7) is 2.49. The van der Waals surface area contributed by atoms with Crippen LogP contribution in [0.1, 0.15) is 36.8 Å². The van der Waals surface area contributed by atoms with Crippen LogP contribution in [-0.4, -0.2) is 47.8 Å². The van der Waals surface area contributed by atoms with E-state index in [9.17, 15) is 9.59 Å². The van der Waals surface area contributed by atoms with Gasteiger partial charge in [0.25, 0.3) is 0 Å². The molecule has 1 heterocycles. The summed E-state index contributed by atoms with van der Waals surface area (Å²) >= 11 is 6.13. The molecule has 0 unspecified atom stereocenters. The van der Waals surface area contributed by atoms with Crippen molar-refractivity contribution in [3.63, 3.8) is 0 Å². The highest BCUT2D eigenvalue weighted by Gasteiger charge is 2.53. The van der Waals surface area contributed by atoms with E-state index in [1.165, 1.54) is 5.56 Å². The second-order valence-electron chi connectivity index (χ2n) is 8.10. The maximum Gasteiger partial charge on any atom is 0.233 e. The molecule has 0 aromatic heterocycles. The van der Waals surface area contributed by atoms with Crippen LogP contribution in [0.25, 0.3) is 0 Å². The van der Waals surface area contributed by atoms with Crippen molar-refractivity contribution < 1.29 is 9.59 Å². The van der Waals surface area contributed by atoms with Crippen LogP contribution in [0.4, 0.5) is 0 Å². The molecule has 1 aliphatic carbocycles. The van der Waals surface area contributed by atoms with Crippen molar-refractivity contribution in [2.75, 3.05) is 26.2 Å². The molecular formula is C24H27ClN2O2. The first-order chi connectivity index (χ1) is 14.1. The van der Waals surface area contributed by atoms with Crippen LogP contribution >= 0.6 is 11.6 Å². The molecule has 152 valence electrons.